The van der Waals surface area contributed by atoms with Crippen molar-refractivity contribution < 1.29 is 14.7 Å². The number of benzene rings is 1. The van der Waals surface area contributed by atoms with Crippen LogP contribution in [0.5, 0.6) is 5.75 Å². The van der Waals surface area contributed by atoms with Gasteiger partial charge in [0.1, 0.15) is 5.75 Å². The Morgan fingerprint density at radius 3 is 2.47 bits per heavy atom. The van der Waals surface area contributed by atoms with Crippen LogP contribution in [-0.2, 0) is 0 Å². The number of hydrogen-bond acceptors (Lipinski definition) is 4. The molecule has 0 spiro atoms. The molecule has 4 heteroatoms. The third-order valence-corrected chi connectivity index (χ3v) is 1.82. The highest BCUT2D eigenvalue weighted by atomic mass is 16.5. The summed E-state index contributed by atoms with van der Waals surface area (Å²) in [6, 6.07) is 6.76. The molecule has 0 radical (unpaired) electrons. The minimum Gasteiger partial charge on any atom is -0.497 e. The first-order chi connectivity index (χ1) is 7.13. The van der Waals surface area contributed by atoms with Crippen molar-refractivity contribution in [2.75, 3.05) is 14.2 Å². The molecule has 80 valence electrons. The summed E-state index contributed by atoms with van der Waals surface area (Å²) in [5, 5.41) is 9.63. The zero-order valence-electron chi connectivity index (χ0n) is 8.68. The molecule has 1 aromatic carbocycles. The first-order valence-corrected chi connectivity index (χ1v) is 4.42. The van der Waals surface area contributed by atoms with Crippen LogP contribution >= 0.6 is 0 Å². The van der Waals surface area contributed by atoms with Gasteiger partial charge in [0.15, 0.2) is 5.78 Å². The predicted molar refractivity (Wildman–Crippen MR) is 56.0 cm³/mol. The van der Waals surface area contributed by atoms with Crippen LogP contribution in [0.3, 0.4) is 0 Å². The molecule has 0 bridgehead atoms. The number of carbonyl (C=O) groups excluding carboxylic acids is 1. The van der Waals surface area contributed by atoms with Crippen molar-refractivity contribution in [3.63, 3.8) is 0 Å². The number of ether oxygens (including phenoxy) is 1. The minimum absolute atomic E-state index is 0.168. The first-order valence-electron chi connectivity index (χ1n) is 4.42. The zero-order chi connectivity index (χ0) is 11.3. The van der Waals surface area contributed by atoms with E-state index in [9.17, 15) is 4.79 Å². The fraction of sp³-hybridized carbons (Fsp3) is 0.182. The Bertz CT molecular complexity index is 355. The van der Waals surface area contributed by atoms with Gasteiger partial charge in [0.05, 0.1) is 7.11 Å². The normalized spacial score (nSPS) is 10.3. The summed E-state index contributed by atoms with van der Waals surface area (Å²) in [4.78, 5) is 11.5. The van der Waals surface area contributed by atoms with Crippen LogP contribution < -0.4 is 4.74 Å². The van der Waals surface area contributed by atoms with E-state index in [0.717, 1.165) is 5.06 Å². The Labute approximate surface area is 88.3 Å². The molecule has 0 aromatic heterocycles. The summed E-state index contributed by atoms with van der Waals surface area (Å²) in [6.07, 6.45) is 2.58. The number of methoxy groups -OCH3 is 1. The molecule has 15 heavy (non-hydrogen) atoms. The fourth-order valence-corrected chi connectivity index (χ4v) is 1.03. The van der Waals surface area contributed by atoms with Gasteiger partial charge >= 0.3 is 0 Å². The Balaban J connectivity index is 2.74. The van der Waals surface area contributed by atoms with Crippen molar-refractivity contribution in [1.29, 1.82) is 0 Å². The molecule has 0 aliphatic carbocycles. The quantitative estimate of drug-likeness (QED) is 0.464. The highest BCUT2D eigenvalue weighted by Gasteiger charge is 2.01. The Morgan fingerprint density at radius 1 is 1.40 bits per heavy atom. The average Bonchev–Trinajstić information content (AvgIpc) is 2.26. The van der Waals surface area contributed by atoms with Crippen LogP contribution in [0.15, 0.2) is 36.5 Å². The number of allylic oxidation sites excluding steroid dienone is 1. The second kappa shape index (κ2) is 5.17. The van der Waals surface area contributed by atoms with E-state index in [-0.39, 0.29) is 5.78 Å². The largest absolute Gasteiger partial charge is 0.497 e. The maximum Gasteiger partial charge on any atom is 0.187 e. The third kappa shape index (κ3) is 3.44. The summed E-state index contributed by atoms with van der Waals surface area (Å²) >= 11 is 0. The monoisotopic (exact) mass is 207 g/mol. The highest BCUT2D eigenvalue weighted by Crippen LogP contribution is 2.11. The first kappa shape index (κ1) is 11.3. The molecule has 0 heterocycles. The van der Waals surface area contributed by atoms with Gasteiger partial charge in [-0.05, 0) is 24.3 Å². The SMILES string of the molecule is COc1ccc(C(=O)C=CN(C)O)cc1. The van der Waals surface area contributed by atoms with E-state index < -0.39 is 0 Å². The van der Waals surface area contributed by atoms with Gasteiger partial charge in [-0.3, -0.25) is 15.1 Å². The van der Waals surface area contributed by atoms with Gasteiger partial charge in [-0.15, -0.1) is 0 Å². The van der Waals surface area contributed by atoms with Crippen molar-refractivity contribution in [1.82, 2.24) is 5.06 Å². The number of hydrogen-bond donors (Lipinski definition) is 1. The molecule has 1 aromatic rings. The Hall–Kier alpha value is -1.81. The van der Waals surface area contributed by atoms with Crippen LogP contribution in [0.4, 0.5) is 0 Å². The number of ketones is 1. The molecular formula is C11H13NO3. The van der Waals surface area contributed by atoms with Gasteiger partial charge < -0.3 is 4.74 Å². The van der Waals surface area contributed by atoms with E-state index in [1.807, 2.05) is 0 Å². The number of hydroxylamine groups is 2. The fourth-order valence-electron chi connectivity index (χ4n) is 1.03. The summed E-state index contributed by atoms with van der Waals surface area (Å²) in [5.74, 6) is 0.536. The summed E-state index contributed by atoms with van der Waals surface area (Å²) < 4.78 is 4.97. The summed E-state index contributed by atoms with van der Waals surface area (Å²) in [5.41, 5.74) is 0.550. The predicted octanol–water partition coefficient (Wildman–Crippen LogP) is 1.71. The molecule has 0 aliphatic heterocycles. The lowest BCUT2D eigenvalue weighted by molar-refractivity contribution is -0.0130. The topological polar surface area (TPSA) is 49.8 Å². The van der Waals surface area contributed by atoms with Gasteiger partial charge in [0.2, 0.25) is 0 Å². The van der Waals surface area contributed by atoms with Crippen molar-refractivity contribution in [2.45, 2.75) is 0 Å². The summed E-state index contributed by atoms with van der Waals surface area (Å²) in [7, 11) is 3.00. The highest BCUT2D eigenvalue weighted by molar-refractivity contribution is 6.04. The van der Waals surface area contributed by atoms with E-state index in [1.54, 1.807) is 31.4 Å². The average molecular weight is 207 g/mol. The van der Waals surface area contributed by atoms with E-state index in [0.29, 0.717) is 11.3 Å². The van der Waals surface area contributed by atoms with Crippen LogP contribution in [0.25, 0.3) is 0 Å². The molecule has 1 rings (SSSR count). The molecule has 0 amide bonds. The van der Waals surface area contributed by atoms with E-state index in [2.05, 4.69) is 0 Å². The third-order valence-electron chi connectivity index (χ3n) is 1.82. The van der Waals surface area contributed by atoms with Crippen LogP contribution in [0.2, 0.25) is 0 Å². The van der Waals surface area contributed by atoms with Crippen molar-refractivity contribution >= 4 is 5.78 Å². The van der Waals surface area contributed by atoms with Crippen LogP contribution in [0.1, 0.15) is 10.4 Å². The number of rotatable bonds is 4. The van der Waals surface area contributed by atoms with Crippen LogP contribution in [-0.4, -0.2) is 30.2 Å². The molecule has 0 atom stereocenters. The second-order valence-corrected chi connectivity index (χ2v) is 2.98. The van der Waals surface area contributed by atoms with Gasteiger partial charge in [0, 0.05) is 24.9 Å². The number of nitrogens with zero attached hydrogens (tertiary/aromatic N) is 1. The molecule has 0 unspecified atom stereocenters. The van der Waals surface area contributed by atoms with Gasteiger partial charge in [-0.2, -0.15) is 0 Å². The minimum atomic E-state index is -0.168. The zero-order valence-corrected chi connectivity index (χ0v) is 8.68. The van der Waals surface area contributed by atoms with Crippen LogP contribution in [0, 0.1) is 0 Å². The van der Waals surface area contributed by atoms with Crippen molar-refractivity contribution in [2.24, 2.45) is 0 Å². The van der Waals surface area contributed by atoms with E-state index >= 15 is 0 Å². The van der Waals surface area contributed by atoms with Crippen molar-refractivity contribution in [3.05, 3.63) is 42.1 Å². The molecule has 0 saturated heterocycles. The molecular weight excluding hydrogens is 194 g/mol. The van der Waals surface area contributed by atoms with E-state index in [4.69, 9.17) is 9.94 Å². The van der Waals surface area contributed by atoms with E-state index in [1.165, 1.54) is 19.3 Å². The summed E-state index contributed by atoms with van der Waals surface area (Å²) in [6.45, 7) is 0. The van der Waals surface area contributed by atoms with Gasteiger partial charge in [-0.1, -0.05) is 0 Å². The van der Waals surface area contributed by atoms with Crippen molar-refractivity contribution in [3.8, 4) is 5.75 Å². The Kier molecular flexibility index (Phi) is 3.88. The lowest BCUT2D eigenvalue weighted by atomic mass is 10.1. The number of carbonyl (C=O) groups is 1. The molecule has 0 fully saturated rings. The van der Waals surface area contributed by atoms with Gasteiger partial charge in [-0.25, -0.2) is 0 Å². The molecule has 0 aliphatic rings. The maximum absolute atomic E-state index is 11.5. The molecule has 4 nitrogen and oxygen atoms in total. The van der Waals surface area contributed by atoms with Gasteiger partial charge in [0.25, 0.3) is 0 Å². The smallest absolute Gasteiger partial charge is 0.187 e. The standard InChI is InChI=1S/C11H13NO3/c1-12(14)8-7-11(13)9-3-5-10(15-2)6-4-9/h3-8,14H,1-2H3. The Morgan fingerprint density at radius 2 is 2.00 bits per heavy atom. The molecule has 0 saturated carbocycles. The lowest BCUT2D eigenvalue weighted by Gasteiger charge is -2.02. The second-order valence-electron chi connectivity index (χ2n) is 2.98. The molecule has 1 N–H and O–H groups in total. The lowest BCUT2D eigenvalue weighted by Crippen LogP contribution is -2.04. The maximum atomic E-state index is 11.5.